The highest BCUT2D eigenvalue weighted by atomic mass is 16.8. The minimum atomic E-state index is -1.98. The van der Waals surface area contributed by atoms with Gasteiger partial charge in [-0.25, -0.2) is 0 Å². The lowest BCUT2D eigenvalue weighted by atomic mass is 9.96. The fraction of sp³-hybridized carbons (Fsp3) is 0.878. The van der Waals surface area contributed by atoms with Crippen molar-refractivity contribution in [2.24, 2.45) is 0 Å². The van der Waals surface area contributed by atoms with E-state index in [2.05, 4.69) is 55.6 Å². The molecule has 3 aliphatic rings. The minimum absolute atomic E-state index is 0.233. The van der Waals surface area contributed by atoms with Crippen LogP contribution in [0.3, 0.4) is 0 Å². The number of carbonyl (C=O) groups is 1. The third-order valence-electron chi connectivity index (χ3n) is 18.6. The molecule has 93 heavy (non-hydrogen) atoms. The summed E-state index contributed by atoms with van der Waals surface area (Å²) in [5.74, 6) is -0.286. The minimum Gasteiger partial charge on any atom is -0.394 e. The van der Waals surface area contributed by atoms with Gasteiger partial charge in [-0.3, -0.25) is 4.79 Å². The lowest BCUT2D eigenvalue weighted by Gasteiger charge is -2.48. The Bertz CT molecular complexity index is 1870. The molecule has 19 nitrogen and oxygen atoms in total. The number of carbonyl (C=O) groups excluding carboxylic acids is 1. The molecule has 0 aromatic carbocycles. The summed E-state index contributed by atoms with van der Waals surface area (Å²) in [7, 11) is 0. The molecule has 0 saturated carbocycles. The van der Waals surface area contributed by atoms with Gasteiger partial charge < -0.3 is 89.9 Å². The Labute approximate surface area is 561 Å². The van der Waals surface area contributed by atoms with Crippen LogP contribution in [0.5, 0.6) is 0 Å². The van der Waals surface area contributed by atoms with Gasteiger partial charge in [0.2, 0.25) is 5.91 Å². The molecule has 3 fully saturated rings. The summed E-state index contributed by atoms with van der Waals surface area (Å²) in [6, 6.07) is -0.997. The molecule has 0 radical (unpaired) electrons. The fourth-order valence-corrected chi connectivity index (χ4v) is 12.5. The highest BCUT2D eigenvalue weighted by Gasteiger charge is 2.53. The Morgan fingerprint density at radius 2 is 0.688 bits per heavy atom. The van der Waals surface area contributed by atoms with E-state index >= 15 is 0 Å². The molecule has 0 spiro atoms. The Morgan fingerprint density at radius 1 is 0.376 bits per heavy atom. The maximum absolute atomic E-state index is 13.4. The van der Waals surface area contributed by atoms with Crippen LogP contribution in [0.25, 0.3) is 0 Å². The van der Waals surface area contributed by atoms with E-state index in [1.54, 1.807) is 6.08 Å². The van der Waals surface area contributed by atoms with Crippen molar-refractivity contribution in [3.05, 3.63) is 48.6 Å². The number of aliphatic hydroxyl groups excluding tert-OH is 11. The molecule has 3 rings (SSSR count). The number of amides is 1. The first kappa shape index (κ1) is 85.0. The zero-order chi connectivity index (χ0) is 67.5. The van der Waals surface area contributed by atoms with Gasteiger partial charge in [0, 0.05) is 6.42 Å². The van der Waals surface area contributed by atoms with Crippen LogP contribution >= 0.6 is 0 Å². The third-order valence-corrected chi connectivity index (χ3v) is 18.6. The first-order valence-corrected chi connectivity index (χ1v) is 37.4. The standard InChI is InChI=1S/C74H135NO18/c1-3-5-7-9-11-13-15-17-19-21-23-25-26-27-28-29-30-32-34-36-38-40-42-44-46-48-50-52-62(80)75-57(58(79)51-49-47-45-43-41-39-37-35-33-31-24-22-20-18-16-14-12-10-8-6-4-2)56-88-72-68(86)65(83)70(60(54-77)90-72)93-74-69(87)66(84)71(61(55-78)91-74)92-73-67(85)64(82)63(81)59(53-76)89-73/h21,23,33,35,41,43,49,51,57-61,63-74,76-79,81-87H,3-20,22,24-32,34,36-40,42,44-48,50,52-56H2,1-2H3,(H,75,80)/b23-21-,35-33+,43-41+,51-49+. The van der Waals surface area contributed by atoms with Gasteiger partial charge in [0.1, 0.15) is 73.2 Å². The molecule has 0 aromatic rings. The molecule has 3 aliphatic heterocycles. The monoisotopic (exact) mass is 1330 g/mol. The summed E-state index contributed by atoms with van der Waals surface area (Å²) in [6.45, 7) is 1.73. The summed E-state index contributed by atoms with van der Waals surface area (Å²) >= 11 is 0. The molecule has 1 amide bonds. The molecule has 19 heteroatoms. The van der Waals surface area contributed by atoms with Crippen LogP contribution in [0.1, 0.15) is 284 Å². The van der Waals surface area contributed by atoms with Crippen LogP contribution in [0.15, 0.2) is 48.6 Å². The van der Waals surface area contributed by atoms with Crippen molar-refractivity contribution in [3.8, 4) is 0 Å². The Morgan fingerprint density at radius 3 is 1.08 bits per heavy atom. The SMILES string of the molecule is CCCCCCCCCC/C=C\CCCCCCCCCCCCCCCCCC(=O)NC(COC1OC(CO)C(OC2OC(CO)C(OC3OC(CO)C(O)C(O)C3O)C(O)C2O)C(O)C1O)C(O)/C=C/CC/C=C/CC/C=C/CCCCCCCCCCCCC. The quantitative estimate of drug-likeness (QED) is 0.0199. The zero-order valence-corrected chi connectivity index (χ0v) is 57.7. The van der Waals surface area contributed by atoms with Crippen molar-refractivity contribution in [3.63, 3.8) is 0 Å². The normalized spacial score (nSPS) is 27.8. The molecule has 17 atom stereocenters. The van der Waals surface area contributed by atoms with Crippen LogP contribution in [-0.4, -0.2) is 193 Å². The second-order valence-electron chi connectivity index (χ2n) is 26.7. The highest BCUT2D eigenvalue weighted by molar-refractivity contribution is 5.76. The Kier molecular flexibility index (Phi) is 50.8. The van der Waals surface area contributed by atoms with Gasteiger partial charge in [-0.05, 0) is 70.6 Å². The van der Waals surface area contributed by atoms with E-state index in [0.29, 0.717) is 12.8 Å². The van der Waals surface area contributed by atoms with Crippen molar-refractivity contribution in [2.45, 2.75) is 388 Å². The van der Waals surface area contributed by atoms with Crippen LogP contribution < -0.4 is 5.32 Å². The molecular formula is C74H135NO18. The first-order chi connectivity index (χ1) is 45.3. The number of unbranched alkanes of at least 4 members (excludes halogenated alkanes) is 36. The van der Waals surface area contributed by atoms with E-state index in [0.717, 1.165) is 44.9 Å². The lowest BCUT2D eigenvalue weighted by Crippen LogP contribution is -2.66. The molecule has 3 heterocycles. The number of aliphatic hydroxyl groups is 11. The number of nitrogens with one attached hydrogen (secondary N) is 1. The van der Waals surface area contributed by atoms with Gasteiger partial charge in [0.15, 0.2) is 18.9 Å². The van der Waals surface area contributed by atoms with Gasteiger partial charge in [-0.2, -0.15) is 0 Å². The summed E-state index contributed by atoms with van der Waals surface area (Å²) in [4.78, 5) is 13.4. The van der Waals surface area contributed by atoms with E-state index < -0.39 is 124 Å². The van der Waals surface area contributed by atoms with Gasteiger partial charge in [0.25, 0.3) is 0 Å². The molecule has 17 unspecified atom stereocenters. The third kappa shape index (κ3) is 37.0. The number of hydrogen-bond acceptors (Lipinski definition) is 18. The average molecular weight is 1330 g/mol. The Hall–Kier alpha value is -2.25. The number of allylic oxidation sites excluding steroid dienone is 7. The smallest absolute Gasteiger partial charge is 0.220 e. The van der Waals surface area contributed by atoms with Crippen molar-refractivity contribution in [1.82, 2.24) is 5.32 Å². The highest BCUT2D eigenvalue weighted by Crippen LogP contribution is 2.33. The van der Waals surface area contributed by atoms with E-state index in [1.807, 2.05) is 6.08 Å². The van der Waals surface area contributed by atoms with Crippen LogP contribution in [0.4, 0.5) is 0 Å². The van der Waals surface area contributed by atoms with Crippen LogP contribution in [0, 0.1) is 0 Å². The van der Waals surface area contributed by atoms with Gasteiger partial charge in [-0.15, -0.1) is 0 Å². The molecule has 0 bridgehead atoms. The second-order valence-corrected chi connectivity index (χ2v) is 26.7. The van der Waals surface area contributed by atoms with Crippen molar-refractivity contribution in [2.75, 3.05) is 26.4 Å². The van der Waals surface area contributed by atoms with Crippen LogP contribution in [-0.2, 0) is 33.2 Å². The van der Waals surface area contributed by atoms with Crippen LogP contribution in [0.2, 0.25) is 0 Å². The van der Waals surface area contributed by atoms with Crippen molar-refractivity contribution >= 4 is 5.91 Å². The van der Waals surface area contributed by atoms with E-state index in [4.69, 9.17) is 28.4 Å². The molecule has 0 aliphatic carbocycles. The van der Waals surface area contributed by atoms with E-state index in [1.165, 1.54) is 205 Å². The number of hydrogen-bond donors (Lipinski definition) is 12. The topological polar surface area (TPSA) is 307 Å². The zero-order valence-electron chi connectivity index (χ0n) is 57.7. The average Bonchev–Trinajstić information content (AvgIpc) is 0.902. The molecule has 3 saturated heterocycles. The summed E-state index contributed by atoms with van der Waals surface area (Å²) in [5, 5.41) is 121. The predicted octanol–water partition coefficient (Wildman–Crippen LogP) is 10.9. The molecule has 544 valence electrons. The van der Waals surface area contributed by atoms with Crippen molar-refractivity contribution < 1.29 is 89.4 Å². The van der Waals surface area contributed by atoms with Gasteiger partial charge in [0.05, 0.1) is 38.6 Å². The molecule has 12 N–H and O–H groups in total. The second kappa shape index (κ2) is 55.6. The predicted molar refractivity (Wildman–Crippen MR) is 365 cm³/mol. The summed E-state index contributed by atoms with van der Waals surface area (Å²) < 4.78 is 34.4. The maximum Gasteiger partial charge on any atom is 0.220 e. The summed E-state index contributed by atoms with van der Waals surface area (Å²) in [5.41, 5.74) is 0. The summed E-state index contributed by atoms with van der Waals surface area (Å²) in [6.07, 6.45) is 40.9. The van der Waals surface area contributed by atoms with Gasteiger partial charge >= 0.3 is 0 Å². The fourth-order valence-electron chi connectivity index (χ4n) is 12.5. The van der Waals surface area contributed by atoms with Crippen molar-refractivity contribution in [1.29, 1.82) is 0 Å². The first-order valence-electron chi connectivity index (χ1n) is 37.4. The molecular weight excluding hydrogens is 1190 g/mol. The maximum atomic E-state index is 13.4. The Balaban J connectivity index is 1.42. The number of ether oxygens (including phenoxy) is 6. The lowest BCUT2D eigenvalue weighted by molar-refractivity contribution is -0.379. The number of rotatable bonds is 58. The van der Waals surface area contributed by atoms with E-state index in [-0.39, 0.29) is 18.9 Å². The largest absolute Gasteiger partial charge is 0.394 e. The van der Waals surface area contributed by atoms with Gasteiger partial charge in [-0.1, -0.05) is 255 Å². The molecule has 0 aromatic heterocycles. The van der Waals surface area contributed by atoms with E-state index in [9.17, 15) is 61.0 Å².